The molecular formula is C22H37N5O2. The minimum Gasteiger partial charge on any atom is -0.378 e. The fourth-order valence-electron chi connectivity index (χ4n) is 4.20. The van der Waals surface area contributed by atoms with Gasteiger partial charge in [-0.05, 0) is 58.9 Å². The Bertz CT molecular complexity index is 646. The van der Waals surface area contributed by atoms with Crippen LogP contribution in [-0.4, -0.2) is 72.3 Å². The van der Waals surface area contributed by atoms with Crippen LogP contribution < -0.4 is 10.2 Å². The molecule has 7 heteroatoms. The third-order valence-electron chi connectivity index (χ3n) is 6.04. The van der Waals surface area contributed by atoms with Crippen molar-refractivity contribution in [3.8, 4) is 0 Å². The molecule has 2 fully saturated rings. The lowest BCUT2D eigenvalue weighted by molar-refractivity contribution is -0.125. The van der Waals surface area contributed by atoms with Crippen LogP contribution in [0.2, 0.25) is 0 Å². The molecule has 3 rings (SSSR count). The summed E-state index contributed by atoms with van der Waals surface area (Å²) >= 11 is 0. The van der Waals surface area contributed by atoms with Gasteiger partial charge in [0.15, 0.2) is 0 Å². The number of ether oxygens (including phenoxy) is 1. The zero-order chi connectivity index (χ0) is 20.6. The lowest BCUT2D eigenvalue weighted by Crippen LogP contribution is -2.44. The summed E-state index contributed by atoms with van der Waals surface area (Å²) in [7, 11) is 0. The van der Waals surface area contributed by atoms with Crippen molar-refractivity contribution in [2.24, 2.45) is 5.92 Å². The molecule has 0 bridgehead atoms. The summed E-state index contributed by atoms with van der Waals surface area (Å²) in [6.45, 7) is 11.7. The first kappa shape index (κ1) is 22.0. The summed E-state index contributed by atoms with van der Waals surface area (Å²) in [6.07, 6.45) is 7.18. The van der Waals surface area contributed by atoms with Gasteiger partial charge in [-0.25, -0.2) is 9.97 Å². The second-order valence-electron chi connectivity index (χ2n) is 8.63. The molecule has 2 aliphatic rings. The third kappa shape index (κ3) is 6.64. The first-order valence-electron chi connectivity index (χ1n) is 11.2. The molecule has 0 radical (unpaired) electrons. The molecule has 29 heavy (non-hydrogen) atoms. The van der Waals surface area contributed by atoms with Crippen molar-refractivity contribution in [1.82, 2.24) is 20.2 Å². The van der Waals surface area contributed by atoms with Gasteiger partial charge in [0.25, 0.3) is 0 Å². The molecule has 162 valence electrons. The first-order chi connectivity index (χ1) is 14.0. The van der Waals surface area contributed by atoms with Gasteiger partial charge in [-0.2, -0.15) is 0 Å². The van der Waals surface area contributed by atoms with E-state index in [-0.39, 0.29) is 11.8 Å². The van der Waals surface area contributed by atoms with E-state index in [4.69, 9.17) is 4.74 Å². The normalized spacial score (nSPS) is 21.5. The number of hydrogen-bond donors (Lipinski definition) is 1. The Labute approximate surface area is 175 Å². The quantitative estimate of drug-likeness (QED) is 0.672. The van der Waals surface area contributed by atoms with E-state index in [1.165, 1.54) is 0 Å². The highest BCUT2D eigenvalue weighted by Gasteiger charge is 2.27. The maximum absolute atomic E-state index is 12.6. The molecule has 3 heterocycles. The molecule has 0 aromatic carbocycles. The van der Waals surface area contributed by atoms with Crippen LogP contribution in [0.5, 0.6) is 0 Å². The van der Waals surface area contributed by atoms with E-state index < -0.39 is 0 Å². The number of carbonyl (C=O) groups excluding carboxylic acids is 1. The van der Waals surface area contributed by atoms with E-state index in [1.54, 1.807) is 6.20 Å². The van der Waals surface area contributed by atoms with E-state index in [0.717, 1.165) is 70.0 Å². The molecule has 0 saturated carbocycles. The Morgan fingerprint density at radius 1 is 1.28 bits per heavy atom. The van der Waals surface area contributed by atoms with Gasteiger partial charge >= 0.3 is 0 Å². The third-order valence-corrected chi connectivity index (χ3v) is 6.04. The minimum absolute atomic E-state index is 0.00846. The Balaban J connectivity index is 1.31. The highest BCUT2D eigenvalue weighted by Crippen LogP contribution is 2.20. The summed E-state index contributed by atoms with van der Waals surface area (Å²) in [6, 6.07) is 2.52. The van der Waals surface area contributed by atoms with Gasteiger partial charge in [0, 0.05) is 57.3 Å². The van der Waals surface area contributed by atoms with Crippen LogP contribution in [-0.2, 0) is 9.53 Å². The number of aryl methyl sites for hydroxylation is 1. The lowest BCUT2D eigenvalue weighted by atomic mass is 9.97. The molecule has 1 atom stereocenters. The Morgan fingerprint density at radius 3 is 2.79 bits per heavy atom. The maximum atomic E-state index is 12.6. The predicted molar refractivity (Wildman–Crippen MR) is 115 cm³/mol. The van der Waals surface area contributed by atoms with Crippen molar-refractivity contribution >= 4 is 11.9 Å². The van der Waals surface area contributed by atoms with Crippen molar-refractivity contribution in [2.75, 3.05) is 44.2 Å². The fraction of sp³-hybridized carbons (Fsp3) is 0.773. The van der Waals surface area contributed by atoms with Gasteiger partial charge in [-0.3, -0.25) is 4.79 Å². The van der Waals surface area contributed by atoms with Crippen LogP contribution in [0, 0.1) is 12.8 Å². The van der Waals surface area contributed by atoms with Crippen LogP contribution in [0.1, 0.15) is 51.6 Å². The topological polar surface area (TPSA) is 70.6 Å². The number of hydrogen-bond acceptors (Lipinski definition) is 6. The number of aromatic nitrogens is 2. The number of rotatable bonds is 8. The number of amides is 1. The summed E-state index contributed by atoms with van der Waals surface area (Å²) in [5, 5.41) is 3.10. The molecule has 1 aromatic heterocycles. The van der Waals surface area contributed by atoms with Gasteiger partial charge < -0.3 is 19.9 Å². The smallest absolute Gasteiger partial charge is 0.225 e. The Morgan fingerprint density at radius 2 is 2.07 bits per heavy atom. The summed E-state index contributed by atoms with van der Waals surface area (Å²) < 4.78 is 6.02. The van der Waals surface area contributed by atoms with E-state index in [2.05, 4.69) is 38.9 Å². The predicted octanol–water partition coefficient (Wildman–Crippen LogP) is 2.40. The van der Waals surface area contributed by atoms with E-state index in [9.17, 15) is 4.79 Å². The second kappa shape index (κ2) is 10.9. The molecule has 0 spiro atoms. The molecule has 2 aliphatic heterocycles. The zero-order valence-corrected chi connectivity index (χ0v) is 18.3. The number of piperidine rings is 2. The fourth-order valence-corrected chi connectivity index (χ4v) is 4.20. The molecule has 1 aromatic rings. The van der Waals surface area contributed by atoms with Crippen molar-refractivity contribution in [3.05, 3.63) is 18.0 Å². The Kier molecular flexibility index (Phi) is 8.24. The highest BCUT2D eigenvalue weighted by molar-refractivity contribution is 5.79. The SMILES string of the molecule is Cc1ccnc(N2CCCC(C(=O)NCCCOC3CCN(C(C)C)CC3)C2)n1. The summed E-state index contributed by atoms with van der Waals surface area (Å²) in [5.74, 6) is 0.890. The Hall–Kier alpha value is -1.73. The molecule has 0 aliphatic carbocycles. The zero-order valence-electron chi connectivity index (χ0n) is 18.3. The van der Waals surface area contributed by atoms with Crippen molar-refractivity contribution < 1.29 is 9.53 Å². The minimum atomic E-state index is 0.00846. The van der Waals surface area contributed by atoms with Gasteiger partial charge in [0.1, 0.15) is 0 Å². The number of likely N-dealkylation sites (tertiary alicyclic amines) is 1. The highest BCUT2D eigenvalue weighted by atomic mass is 16.5. The van der Waals surface area contributed by atoms with Crippen LogP contribution >= 0.6 is 0 Å². The molecule has 1 N–H and O–H groups in total. The van der Waals surface area contributed by atoms with Gasteiger partial charge in [-0.1, -0.05) is 0 Å². The van der Waals surface area contributed by atoms with E-state index >= 15 is 0 Å². The molecule has 1 unspecified atom stereocenters. The first-order valence-corrected chi connectivity index (χ1v) is 11.2. The molecule has 1 amide bonds. The largest absolute Gasteiger partial charge is 0.378 e. The number of carbonyl (C=O) groups is 1. The number of nitrogens with one attached hydrogen (secondary N) is 1. The van der Waals surface area contributed by atoms with Gasteiger partial charge in [0.2, 0.25) is 11.9 Å². The average molecular weight is 404 g/mol. The van der Waals surface area contributed by atoms with E-state index in [1.807, 2.05) is 13.0 Å². The maximum Gasteiger partial charge on any atom is 0.225 e. The van der Waals surface area contributed by atoms with Crippen LogP contribution in [0.15, 0.2) is 12.3 Å². The van der Waals surface area contributed by atoms with Gasteiger partial charge in [-0.15, -0.1) is 0 Å². The second-order valence-corrected chi connectivity index (χ2v) is 8.63. The molecule has 2 saturated heterocycles. The van der Waals surface area contributed by atoms with Crippen LogP contribution in [0.25, 0.3) is 0 Å². The van der Waals surface area contributed by atoms with Crippen molar-refractivity contribution in [1.29, 1.82) is 0 Å². The molecule has 7 nitrogen and oxygen atoms in total. The van der Waals surface area contributed by atoms with Gasteiger partial charge in [0.05, 0.1) is 12.0 Å². The van der Waals surface area contributed by atoms with Crippen LogP contribution in [0.4, 0.5) is 5.95 Å². The van der Waals surface area contributed by atoms with E-state index in [0.29, 0.717) is 25.2 Å². The monoisotopic (exact) mass is 403 g/mol. The average Bonchev–Trinajstić information content (AvgIpc) is 2.74. The van der Waals surface area contributed by atoms with Crippen LogP contribution in [0.3, 0.4) is 0 Å². The van der Waals surface area contributed by atoms with Crippen molar-refractivity contribution in [3.63, 3.8) is 0 Å². The van der Waals surface area contributed by atoms with Crippen molar-refractivity contribution in [2.45, 2.75) is 65.0 Å². The number of anilines is 1. The molecular weight excluding hydrogens is 366 g/mol. The summed E-state index contributed by atoms with van der Waals surface area (Å²) in [4.78, 5) is 26.1. The lowest BCUT2D eigenvalue weighted by Gasteiger charge is -2.34. The standard InChI is InChI=1S/C22H37N5O2/c1-17(2)26-13-8-20(9-14-26)29-15-5-10-23-21(28)19-6-4-12-27(16-19)22-24-11-7-18(3)25-22/h7,11,17,19-20H,4-6,8-10,12-16H2,1-3H3,(H,23,28). The summed E-state index contributed by atoms with van der Waals surface area (Å²) in [5.41, 5.74) is 0.955. The number of nitrogens with zero attached hydrogens (tertiary/aromatic N) is 4.